The van der Waals surface area contributed by atoms with Gasteiger partial charge in [0.05, 0.1) is 12.7 Å². The Morgan fingerprint density at radius 3 is 2.93 bits per heavy atom. The molecule has 0 aromatic heterocycles. The minimum Gasteiger partial charge on any atom is -0.380 e. The van der Waals surface area contributed by atoms with Gasteiger partial charge in [0.1, 0.15) is 0 Å². The van der Waals surface area contributed by atoms with E-state index in [2.05, 4.69) is 0 Å². The van der Waals surface area contributed by atoms with E-state index in [1.54, 1.807) is 0 Å². The van der Waals surface area contributed by atoms with Gasteiger partial charge in [0.2, 0.25) is 0 Å². The van der Waals surface area contributed by atoms with E-state index in [0.29, 0.717) is 17.4 Å². The second-order valence-electron chi connectivity index (χ2n) is 4.03. The maximum absolute atomic E-state index is 6.02. The van der Waals surface area contributed by atoms with E-state index in [4.69, 9.17) is 15.2 Å². The molecule has 14 heavy (non-hydrogen) atoms. The highest BCUT2D eigenvalue weighted by Crippen LogP contribution is 2.24. The number of rotatable bonds is 3. The zero-order valence-corrected chi connectivity index (χ0v) is 9.30. The molecule has 3 nitrogen and oxygen atoms in total. The highest BCUT2D eigenvalue weighted by Gasteiger charge is 2.25. The monoisotopic (exact) mass is 217 g/mol. The number of hydrogen-bond donors (Lipinski definition) is 1. The topological polar surface area (TPSA) is 44.5 Å². The van der Waals surface area contributed by atoms with Crippen molar-refractivity contribution in [3.63, 3.8) is 0 Å². The van der Waals surface area contributed by atoms with E-state index in [0.717, 1.165) is 32.0 Å². The summed E-state index contributed by atoms with van der Waals surface area (Å²) in [4.78, 5) is 0. The van der Waals surface area contributed by atoms with Gasteiger partial charge in [-0.3, -0.25) is 0 Å². The summed E-state index contributed by atoms with van der Waals surface area (Å²) >= 11 is 1.93. The predicted octanol–water partition coefficient (Wildman–Crippen LogP) is 1.01. The summed E-state index contributed by atoms with van der Waals surface area (Å²) in [6, 6.07) is 0.315. The smallest absolute Gasteiger partial charge is 0.0666 e. The van der Waals surface area contributed by atoms with Crippen LogP contribution in [-0.2, 0) is 9.47 Å². The molecule has 4 heteroatoms. The van der Waals surface area contributed by atoms with E-state index >= 15 is 0 Å². The molecule has 82 valence electrons. The first-order chi connectivity index (χ1) is 6.86. The maximum atomic E-state index is 6.02. The lowest BCUT2D eigenvalue weighted by Crippen LogP contribution is -2.41. The third-order valence-electron chi connectivity index (χ3n) is 2.88. The van der Waals surface area contributed by atoms with Gasteiger partial charge in [-0.25, -0.2) is 0 Å². The Kier molecular flexibility index (Phi) is 4.10. The lowest BCUT2D eigenvalue weighted by Gasteiger charge is -2.28. The fraction of sp³-hybridized carbons (Fsp3) is 1.00. The Bertz CT molecular complexity index is 174. The Hall–Kier alpha value is 0.230. The van der Waals surface area contributed by atoms with Crippen LogP contribution in [0.4, 0.5) is 0 Å². The van der Waals surface area contributed by atoms with Gasteiger partial charge in [-0.2, -0.15) is 11.8 Å². The van der Waals surface area contributed by atoms with Crippen molar-refractivity contribution in [2.45, 2.75) is 36.7 Å². The number of ether oxygens (including phenoxy) is 2. The summed E-state index contributed by atoms with van der Waals surface area (Å²) in [6.07, 6.45) is 3.91. The quantitative estimate of drug-likeness (QED) is 0.766. The highest BCUT2D eigenvalue weighted by molar-refractivity contribution is 8.00. The van der Waals surface area contributed by atoms with Crippen LogP contribution in [0.15, 0.2) is 0 Å². The van der Waals surface area contributed by atoms with Crippen molar-refractivity contribution < 1.29 is 9.47 Å². The number of hydrogen-bond acceptors (Lipinski definition) is 4. The molecule has 0 aromatic rings. The second kappa shape index (κ2) is 5.35. The zero-order valence-electron chi connectivity index (χ0n) is 8.48. The largest absolute Gasteiger partial charge is 0.380 e. The van der Waals surface area contributed by atoms with Gasteiger partial charge in [-0.05, 0) is 19.3 Å². The molecular weight excluding hydrogens is 198 g/mol. The molecule has 2 saturated heterocycles. The minimum absolute atomic E-state index is 0.315. The lowest BCUT2D eigenvalue weighted by molar-refractivity contribution is 0.0909. The van der Waals surface area contributed by atoms with E-state index < -0.39 is 0 Å². The normalized spacial score (nSPS) is 38.8. The van der Waals surface area contributed by atoms with Gasteiger partial charge in [-0.15, -0.1) is 0 Å². The van der Waals surface area contributed by atoms with Crippen LogP contribution in [-0.4, -0.2) is 43.0 Å². The van der Waals surface area contributed by atoms with Crippen molar-refractivity contribution >= 4 is 11.8 Å². The molecule has 0 bridgehead atoms. The Balaban J connectivity index is 1.67. The van der Waals surface area contributed by atoms with Crippen molar-refractivity contribution in [3.05, 3.63) is 0 Å². The van der Waals surface area contributed by atoms with Crippen LogP contribution in [0.2, 0.25) is 0 Å². The van der Waals surface area contributed by atoms with Gasteiger partial charge in [0.25, 0.3) is 0 Å². The summed E-state index contributed by atoms with van der Waals surface area (Å²) in [5, 5.41) is 0.480. The summed E-state index contributed by atoms with van der Waals surface area (Å²) in [5.74, 6) is 1.09. The Labute approximate surface area is 89.7 Å². The Morgan fingerprint density at radius 2 is 2.21 bits per heavy atom. The molecular formula is C10H19NO2S. The highest BCUT2D eigenvalue weighted by atomic mass is 32.2. The fourth-order valence-electron chi connectivity index (χ4n) is 1.91. The first-order valence-electron chi connectivity index (χ1n) is 5.43. The maximum Gasteiger partial charge on any atom is 0.0666 e. The zero-order chi connectivity index (χ0) is 9.80. The summed E-state index contributed by atoms with van der Waals surface area (Å²) in [5.41, 5.74) is 6.02. The molecule has 2 aliphatic heterocycles. The van der Waals surface area contributed by atoms with Gasteiger partial charge < -0.3 is 15.2 Å². The minimum atomic E-state index is 0.315. The van der Waals surface area contributed by atoms with Crippen molar-refractivity contribution in [2.24, 2.45) is 5.73 Å². The molecule has 0 aromatic carbocycles. The Morgan fingerprint density at radius 1 is 1.29 bits per heavy atom. The average molecular weight is 217 g/mol. The SMILES string of the molecule is NC1CCOCC1SCC1CCCO1. The van der Waals surface area contributed by atoms with Crippen molar-refractivity contribution in [2.75, 3.05) is 25.6 Å². The molecule has 0 radical (unpaired) electrons. The molecule has 3 atom stereocenters. The van der Waals surface area contributed by atoms with Gasteiger partial charge >= 0.3 is 0 Å². The van der Waals surface area contributed by atoms with Crippen LogP contribution >= 0.6 is 11.8 Å². The van der Waals surface area contributed by atoms with Crippen LogP contribution in [0.5, 0.6) is 0 Å². The average Bonchev–Trinajstić information content (AvgIpc) is 2.69. The van der Waals surface area contributed by atoms with Gasteiger partial charge in [0.15, 0.2) is 0 Å². The van der Waals surface area contributed by atoms with Crippen LogP contribution < -0.4 is 5.73 Å². The van der Waals surface area contributed by atoms with E-state index in [1.807, 2.05) is 11.8 Å². The number of nitrogens with two attached hydrogens (primary N) is 1. The predicted molar refractivity (Wildman–Crippen MR) is 58.6 cm³/mol. The van der Waals surface area contributed by atoms with E-state index in [9.17, 15) is 0 Å². The fourth-order valence-corrected chi connectivity index (χ4v) is 3.21. The molecule has 2 N–H and O–H groups in total. The van der Waals surface area contributed by atoms with Crippen LogP contribution in [0.3, 0.4) is 0 Å². The van der Waals surface area contributed by atoms with Crippen molar-refractivity contribution in [1.82, 2.24) is 0 Å². The summed E-state index contributed by atoms with van der Waals surface area (Å²) < 4.78 is 11.0. The number of thioether (sulfide) groups is 1. The first kappa shape index (κ1) is 10.7. The third kappa shape index (κ3) is 2.86. The standard InChI is InChI=1S/C10H19NO2S/c11-9-3-5-12-6-10(9)14-7-8-2-1-4-13-8/h8-10H,1-7,11H2. The second-order valence-corrected chi connectivity index (χ2v) is 5.31. The molecule has 2 aliphatic rings. The van der Waals surface area contributed by atoms with E-state index in [-0.39, 0.29) is 0 Å². The molecule has 2 fully saturated rings. The van der Waals surface area contributed by atoms with E-state index in [1.165, 1.54) is 12.8 Å². The molecule has 2 rings (SSSR count). The summed E-state index contributed by atoms with van der Waals surface area (Å²) in [6.45, 7) is 2.59. The van der Waals surface area contributed by atoms with Crippen LogP contribution in [0, 0.1) is 0 Å². The molecule has 0 spiro atoms. The molecule has 3 unspecified atom stereocenters. The first-order valence-corrected chi connectivity index (χ1v) is 6.47. The lowest BCUT2D eigenvalue weighted by atomic mass is 10.1. The van der Waals surface area contributed by atoms with Gasteiger partial charge in [0, 0.05) is 30.3 Å². The molecule has 0 amide bonds. The molecule has 0 saturated carbocycles. The van der Waals surface area contributed by atoms with Crippen LogP contribution in [0.25, 0.3) is 0 Å². The summed E-state index contributed by atoms with van der Waals surface area (Å²) in [7, 11) is 0. The van der Waals surface area contributed by atoms with Gasteiger partial charge in [-0.1, -0.05) is 0 Å². The third-order valence-corrected chi connectivity index (χ3v) is 4.35. The van der Waals surface area contributed by atoms with Crippen molar-refractivity contribution in [3.8, 4) is 0 Å². The van der Waals surface area contributed by atoms with Crippen LogP contribution in [0.1, 0.15) is 19.3 Å². The molecule has 0 aliphatic carbocycles. The molecule has 2 heterocycles. The van der Waals surface area contributed by atoms with Crippen molar-refractivity contribution in [1.29, 1.82) is 0 Å².